The van der Waals surface area contributed by atoms with Gasteiger partial charge in [0, 0.05) is 40.2 Å². The molecule has 0 radical (unpaired) electrons. The number of hydrogen-bond acceptors (Lipinski definition) is 8. The minimum atomic E-state index is -4.68. The van der Waals surface area contributed by atoms with Crippen LogP contribution in [0.25, 0.3) is 10.6 Å². The number of likely N-dealkylation sites (tertiary alicyclic amines) is 1. The first-order chi connectivity index (χ1) is 19.5. The summed E-state index contributed by atoms with van der Waals surface area (Å²) in [5.41, 5.74) is -1.49. The predicted octanol–water partition coefficient (Wildman–Crippen LogP) is 6.01. The molecule has 0 bridgehead atoms. The third kappa shape index (κ3) is 7.72. The van der Waals surface area contributed by atoms with Crippen molar-refractivity contribution < 1.29 is 36.6 Å². The summed E-state index contributed by atoms with van der Waals surface area (Å²) in [5, 5.41) is 3.35. The van der Waals surface area contributed by atoms with Crippen molar-refractivity contribution in [3.63, 3.8) is 0 Å². The van der Waals surface area contributed by atoms with E-state index in [0.717, 1.165) is 23.7 Å². The lowest BCUT2D eigenvalue weighted by molar-refractivity contribution is -0.145. The second kappa shape index (κ2) is 11.8. The van der Waals surface area contributed by atoms with Crippen LogP contribution in [0.2, 0.25) is 0 Å². The van der Waals surface area contributed by atoms with Crippen LogP contribution >= 0.6 is 11.3 Å². The quantitative estimate of drug-likeness (QED) is 0.312. The Labute approximate surface area is 244 Å². The summed E-state index contributed by atoms with van der Waals surface area (Å²) >= 11 is 1.44. The van der Waals surface area contributed by atoms with Crippen molar-refractivity contribution in [2.45, 2.75) is 64.5 Å². The van der Waals surface area contributed by atoms with Crippen molar-refractivity contribution in [3.05, 3.63) is 58.6 Å². The van der Waals surface area contributed by atoms with Gasteiger partial charge in [-0.2, -0.15) is 13.2 Å². The lowest BCUT2D eigenvalue weighted by Gasteiger charge is -2.43. The first kappa shape index (κ1) is 31.1. The number of carbonyl (C=O) groups is 2. The van der Waals surface area contributed by atoms with Crippen molar-refractivity contribution in [2.75, 3.05) is 19.7 Å². The number of thiazole rings is 1. The van der Waals surface area contributed by atoms with Gasteiger partial charge in [0.1, 0.15) is 23.0 Å². The van der Waals surface area contributed by atoms with Gasteiger partial charge < -0.3 is 19.7 Å². The summed E-state index contributed by atoms with van der Waals surface area (Å²) in [7, 11) is 0. The van der Waals surface area contributed by atoms with Gasteiger partial charge in [0.2, 0.25) is 5.82 Å². The normalized spacial score (nSPS) is 15.5. The average molecular weight is 610 g/mol. The summed E-state index contributed by atoms with van der Waals surface area (Å²) in [6, 6.07) is 3.98. The van der Waals surface area contributed by atoms with Crippen LogP contribution in [-0.4, -0.2) is 62.8 Å². The van der Waals surface area contributed by atoms with Crippen LogP contribution in [0.15, 0.2) is 36.8 Å². The number of amides is 2. The fourth-order valence-corrected chi connectivity index (χ4v) is 4.85. The molecule has 1 atom stereocenters. The van der Waals surface area contributed by atoms with Gasteiger partial charge in [0.05, 0.1) is 19.1 Å². The molecule has 1 aromatic carbocycles. The van der Waals surface area contributed by atoms with Gasteiger partial charge in [-0.3, -0.25) is 4.79 Å². The number of carbonyl (C=O) groups excluding carboxylic acids is 2. The number of ether oxygens (including phenoxy) is 2. The molecule has 2 amide bonds. The maximum Gasteiger partial charge on any atom is 0.451 e. The van der Waals surface area contributed by atoms with Crippen LogP contribution < -0.4 is 10.1 Å². The van der Waals surface area contributed by atoms with E-state index < -0.39 is 41.3 Å². The van der Waals surface area contributed by atoms with E-state index in [4.69, 9.17) is 9.47 Å². The molecule has 0 aliphatic carbocycles. The number of halogens is 4. The van der Waals surface area contributed by atoms with Crippen LogP contribution in [0.5, 0.6) is 5.75 Å². The molecular formula is C28H31F4N5O4S. The molecule has 0 saturated carbocycles. The molecule has 1 aliphatic rings. The molecule has 1 fully saturated rings. The van der Waals surface area contributed by atoms with Crippen molar-refractivity contribution in [2.24, 2.45) is 0 Å². The van der Waals surface area contributed by atoms with E-state index in [2.05, 4.69) is 20.3 Å². The lowest BCUT2D eigenvalue weighted by Crippen LogP contribution is -2.64. The molecule has 226 valence electrons. The Morgan fingerprint density at radius 3 is 2.33 bits per heavy atom. The monoisotopic (exact) mass is 609 g/mol. The van der Waals surface area contributed by atoms with Gasteiger partial charge in [0.25, 0.3) is 5.91 Å². The highest BCUT2D eigenvalue weighted by molar-refractivity contribution is 7.15. The van der Waals surface area contributed by atoms with Crippen molar-refractivity contribution in [1.29, 1.82) is 0 Å². The van der Waals surface area contributed by atoms with Gasteiger partial charge in [-0.05, 0) is 52.3 Å². The molecule has 2 aromatic heterocycles. The highest BCUT2D eigenvalue weighted by Crippen LogP contribution is 2.33. The van der Waals surface area contributed by atoms with E-state index in [1.54, 1.807) is 46.0 Å². The van der Waals surface area contributed by atoms with E-state index in [-0.39, 0.29) is 36.6 Å². The minimum Gasteiger partial charge on any atom is -0.490 e. The molecule has 4 rings (SSSR count). The molecule has 0 spiro atoms. The smallest absolute Gasteiger partial charge is 0.451 e. The second-order valence-corrected chi connectivity index (χ2v) is 12.2. The zero-order valence-corrected chi connectivity index (χ0v) is 24.5. The molecule has 0 unspecified atom stereocenters. The topological polar surface area (TPSA) is 107 Å². The molecule has 14 heteroatoms. The van der Waals surface area contributed by atoms with Crippen molar-refractivity contribution in [1.82, 2.24) is 25.2 Å². The van der Waals surface area contributed by atoms with E-state index >= 15 is 4.39 Å². The molecule has 1 N–H and O–H groups in total. The summed E-state index contributed by atoms with van der Waals surface area (Å²) < 4.78 is 64.8. The molecule has 42 heavy (non-hydrogen) atoms. The number of nitrogens with zero attached hydrogens (tertiary/aromatic N) is 4. The number of alkyl halides is 4. The molecule has 3 heterocycles. The van der Waals surface area contributed by atoms with Crippen LogP contribution in [0.3, 0.4) is 0 Å². The fourth-order valence-electron chi connectivity index (χ4n) is 4.01. The average Bonchev–Trinajstić information content (AvgIpc) is 3.38. The summed E-state index contributed by atoms with van der Waals surface area (Å²) in [6.07, 6.45) is -0.774. The minimum absolute atomic E-state index is 0.173. The molecule has 9 nitrogen and oxygen atoms in total. The fraction of sp³-hybridized carbons (Fsp3) is 0.464. The Bertz CT molecular complexity index is 1430. The highest BCUT2D eigenvalue weighted by atomic mass is 32.1. The Morgan fingerprint density at radius 2 is 1.76 bits per heavy atom. The Balaban J connectivity index is 1.49. The summed E-state index contributed by atoms with van der Waals surface area (Å²) in [6.45, 7) is 7.97. The first-order valence-corrected chi connectivity index (χ1v) is 14.0. The lowest BCUT2D eigenvalue weighted by atomic mass is 9.98. The zero-order valence-electron chi connectivity index (χ0n) is 23.7. The number of nitrogens with one attached hydrogen (secondary N) is 1. The first-order valence-electron chi connectivity index (χ1n) is 13.1. The third-order valence-electron chi connectivity index (χ3n) is 6.19. The number of aryl methyl sites for hydroxylation is 1. The SMILES string of the molecule is CCc1cnc(-c2cc(OCC3(F)CN(C(=O)OC(C)(C)C)C3)cc(C(=O)N[C@H](C)c3cnc(C(F)(F)F)nc3)c2)s1. The molecule has 1 aliphatic heterocycles. The highest BCUT2D eigenvalue weighted by Gasteiger charge is 2.48. The number of benzene rings is 1. The maximum atomic E-state index is 15.3. The van der Waals surface area contributed by atoms with Gasteiger partial charge >= 0.3 is 12.3 Å². The Kier molecular flexibility index (Phi) is 8.76. The van der Waals surface area contributed by atoms with Gasteiger partial charge in [-0.25, -0.2) is 24.1 Å². The van der Waals surface area contributed by atoms with Gasteiger partial charge in [-0.15, -0.1) is 11.3 Å². The van der Waals surface area contributed by atoms with Crippen molar-refractivity contribution >= 4 is 23.3 Å². The Morgan fingerprint density at radius 1 is 1.10 bits per heavy atom. The number of aromatic nitrogens is 3. The van der Waals surface area contributed by atoms with E-state index in [9.17, 15) is 22.8 Å². The predicted molar refractivity (Wildman–Crippen MR) is 147 cm³/mol. The van der Waals surface area contributed by atoms with Gasteiger partial charge in [-0.1, -0.05) is 6.92 Å². The van der Waals surface area contributed by atoms with E-state index in [1.165, 1.54) is 22.3 Å². The standard InChI is InChI=1S/C28H31F4N5O4S/c1-6-21-12-33-23(42-21)18-7-17(22(38)36-16(2)19-10-34-24(35-11-19)28(30,31)32)8-20(9-18)40-15-27(29)13-37(14-27)25(39)41-26(3,4)5/h7-12,16H,6,13-15H2,1-5H3,(H,36,38)/t16-/m1/s1. The second-order valence-electron chi connectivity index (χ2n) is 11.0. The molecule has 1 saturated heterocycles. The third-order valence-corrected chi connectivity index (χ3v) is 7.38. The van der Waals surface area contributed by atoms with Crippen LogP contribution in [0, 0.1) is 0 Å². The Hall–Kier alpha value is -3.81. The van der Waals surface area contributed by atoms with Crippen LogP contribution in [0.1, 0.15) is 67.3 Å². The van der Waals surface area contributed by atoms with Crippen molar-refractivity contribution in [3.8, 4) is 16.3 Å². The summed E-state index contributed by atoms with van der Waals surface area (Å²) in [4.78, 5) is 38.8. The van der Waals surface area contributed by atoms with E-state index in [0.29, 0.717) is 10.6 Å². The number of rotatable bonds is 8. The number of hydrogen-bond donors (Lipinski definition) is 1. The van der Waals surface area contributed by atoms with Gasteiger partial charge in [0.15, 0.2) is 5.67 Å². The summed E-state index contributed by atoms with van der Waals surface area (Å²) in [5.74, 6) is -1.61. The van der Waals surface area contributed by atoms with E-state index in [1.807, 2.05) is 6.92 Å². The molecular weight excluding hydrogens is 578 g/mol. The molecule has 3 aromatic rings. The largest absolute Gasteiger partial charge is 0.490 e. The maximum absolute atomic E-state index is 15.3. The van der Waals surface area contributed by atoms with Crippen LogP contribution in [-0.2, 0) is 17.3 Å². The van der Waals surface area contributed by atoms with Crippen LogP contribution in [0.4, 0.5) is 22.4 Å². The zero-order chi connectivity index (χ0) is 30.9.